The van der Waals surface area contributed by atoms with Crippen LogP contribution in [0.4, 0.5) is 0 Å². The lowest BCUT2D eigenvalue weighted by atomic mass is 10.2. The van der Waals surface area contributed by atoms with E-state index in [0.29, 0.717) is 6.04 Å². The molecule has 2 unspecified atom stereocenters. The normalized spacial score (nSPS) is 15.0. The Labute approximate surface area is 106 Å². The highest BCUT2D eigenvalue weighted by molar-refractivity contribution is 7.19. The number of hydrogen-bond acceptors (Lipinski definition) is 3. The Morgan fingerprint density at radius 1 is 1.29 bits per heavy atom. The number of aliphatic hydroxyl groups excluding tert-OH is 1. The minimum absolute atomic E-state index is 0.225. The highest BCUT2D eigenvalue weighted by Crippen LogP contribution is 2.29. The van der Waals surface area contributed by atoms with E-state index in [1.165, 1.54) is 15.0 Å². The smallest absolute Gasteiger partial charge is 0.0524 e. The van der Waals surface area contributed by atoms with Crippen molar-refractivity contribution in [2.45, 2.75) is 32.4 Å². The van der Waals surface area contributed by atoms with Gasteiger partial charge in [-0.1, -0.05) is 18.2 Å². The molecule has 0 aliphatic heterocycles. The zero-order chi connectivity index (χ0) is 12.3. The molecule has 0 fully saturated rings. The van der Waals surface area contributed by atoms with Crippen LogP contribution in [0.5, 0.6) is 0 Å². The molecule has 0 aliphatic carbocycles. The van der Waals surface area contributed by atoms with Crippen molar-refractivity contribution in [1.82, 2.24) is 5.32 Å². The molecule has 0 amide bonds. The van der Waals surface area contributed by atoms with E-state index in [4.69, 9.17) is 0 Å². The van der Waals surface area contributed by atoms with Crippen molar-refractivity contribution in [1.29, 1.82) is 0 Å². The summed E-state index contributed by atoms with van der Waals surface area (Å²) in [7, 11) is 0. The third-order valence-electron chi connectivity index (χ3n) is 2.88. The summed E-state index contributed by atoms with van der Waals surface area (Å²) in [6, 6.07) is 11.1. The number of thiophene rings is 1. The van der Waals surface area contributed by atoms with Gasteiger partial charge in [-0.05, 0) is 44.3 Å². The summed E-state index contributed by atoms with van der Waals surface area (Å²) in [5.41, 5.74) is 0. The molecule has 2 rings (SSSR count). The molecule has 0 bridgehead atoms. The summed E-state index contributed by atoms with van der Waals surface area (Å²) >= 11 is 1.84. The van der Waals surface area contributed by atoms with Gasteiger partial charge in [-0.15, -0.1) is 11.3 Å². The van der Waals surface area contributed by atoms with Crippen LogP contribution in [0.15, 0.2) is 30.3 Å². The Hall–Kier alpha value is -0.900. The van der Waals surface area contributed by atoms with Gasteiger partial charge in [-0.2, -0.15) is 0 Å². The summed E-state index contributed by atoms with van der Waals surface area (Å²) in [4.78, 5) is 1.36. The molecule has 1 heterocycles. The van der Waals surface area contributed by atoms with Crippen LogP contribution in [0, 0.1) is 0 Å². The second-order valence-corrected chi connectivity index (χ2v) is 5.62. The van der Waals surface area contributed by atoms with Gasteiger partial charge in [0, 0.05) is 15.6 Å². The van der Waals surface area contributed by atoms with Crippen LogP contribution in [0.25, 0.3) is 10.1 Å². The van der Waals surface area contributed by atoms with Gasteiger partial charge in [0.05, 0.1) is 6.10 Å². The first kappa shape index (κ1) is 12.6. The quantitative estimate of drug-likeness (QED) is 0.852. The third-order valence-corrected chi connectivity index (χ3v) is 4.18. The first-order chi connectivity index (χ1) is 8.16. The molecule has 0 saturated carbocycles. The van der Waals surface area contributed by atoms with Gasteiger partial charge in [-0.3, -0.25) is 0 Å². The van der Waals surface area contributed by atoms with Crippen molar-refractivity contribution in [3.8, 4) is 0 Å². The standard InChI is InChI=1S/C14H19NOS/c1-10(16)7-8-15-11(2)14-9-12-5-3-4-6-13(12)17-14/h3-6,9-11,15-16H,7-8H2,1-2H3. The zero-order valence-electron chi connectivity index (χ0n) is 10.3. The fourth-order valence-corrected chi connectivity index (χ4v) is 2.92. The maximum Gasteiger partial charge on any atom is 0.0524 e. The highest BCUT2D eigenvalue weighted by Gasteiger charge is 2.08. The largest absolute Gasteiger partial charge is 0.393 e. The molecule has 92 valence electrons. The maximum atomic E-state index is 9.21. The number of benzene rings is 1. The molecular formula is C14H19NOS. The number of fused-ring (bicyclic) bond motifs is 1. The first-order valence-electron chi connectivity index (χ1n) is 6.07. The fraction of sp³-hybridized carbons (Fsp3) is 0.429. The van der Waals surface area contributed by atoms with Crippen LogP contribution in [0.2, 0.25) is 0 Å². The predicted molar refractivity (Wildman–Crippen MR) is 74.5 cm³/mol. The molecule has 0 spiro atoms. The van der Waals surface area contributed by atoms with Crippen LogP contribution >= 0.6 is 11.3 Å². The number of rotatable bonds is 5. The Kier molecular flexibility index (Phi) is 4.15. The second kappa shape index (κ2) is 5.63. The molecule has 0 aliphatic rings. The molecule has 0 radical (unpaired) electrons. The molecule has 2 aromatic rings. The van der Waals surface area contributed by atoms with E-state index in [1.807, 2.05) is 18.3 Å². The van der Waals surface area contributed by atoms with E-state index in [9.17, 15) is 5.11 Å². The van der Waals surface area contributed by atoms with E-state index >= 15 is 0 Å². The van der Waals surface area contributed by atoms with E-state index < -0.39 is 0 Å². The van der Waals surface area contributed by atoms with E-state index in [2.05, 4.69) is 42.6 Å². The van der Waals surface area contributed by atoms with E-state index in [-0.39, 0.29) is 6.10 Å². The van der Waals surface area contributed by atoms with Crippen LogP contribution < -0.4 is 5.32 Å². The van der Waals surface area contributed by atoms with Gasteiger partial charge in [0.25, 0.3) is 0 Å². The molecule has 2 atom stereocenters. The Morgan fingerprint density at radius 2 is 2.06 bits per heavy atom. The van der Waals surface area contributed by atoms with Crippen molar-refractivity contribution in [2.75, 3.05) is 6.54 Å². The zero-order valence-corrected chi connectivity index (χ0v) is 11.1. The van der Waals surface area contributed by atoms with Crippen LogP contribution in [0.3, 0.4) is 0 Å². The Bertz CT molecular complexity index is 445. The van der Waals surface area contributed by atoms with Gasteiger partial charge in [0.2, 0.25) is 0 Å². The van der Waals surface area contributed by atoms with Crippen molar-refractivity contribution in [3.63, 3.8) is 0 Å². The number of nitrogens with one attached hydrogen (secondary N) is 1. The summed E-state index contributed by atoms with van der Waals surface area (Å²) in [6.07, 6.45) is 0.576. The average Bonchev–Trinajstić information content (AvgIpc) is 2.71. The monoisotopic (exact) mass is 249 g/mol. The molecule has 17 heavy (non-hydrogen) atoms. The molecule has 3 heteroatoms. The fourth-order valence-electron chi connectivity index (χ4n) is 1.83. The predicted octanol–water partition coefficient (Wildman–Crippen LogP) is 3.32. The summed E-state index contributed by atoms with van der Waals surface area (Å²) < 4.78 is 1.34. The summed E-state index contributed by atoms with van der Waals surface area (Å²) in [5, 5.41) is 14.0. The minimum atomic E-state index is -0.225. The lowest BCUT2D eigenvalue weighted by Gasteiger charge is -2.12. The van der Waals surface area contributed by atoms with Crippen LogP contribution in [0.1, 0.15) is 31.2 Å². The molecule has 1 aromatic heterocycles. The lowest BCUT2D eigenvalue weighted by molar-refractivity contribution is 0.182. The van der Waals surface area contributed by atoms with Gasteiger partial charge < -0.3 is 10.4 Å². The molecule has 2 N–H and O–H groups in total. The van der Waals surface area contributed by atoms with Gasteiger partial charge in [0.1, 0.15) is 0 Å². The van der Waals surface area contributed by atoms with Gasteiger partial charge in [-0.25, -0.2) is 0 Å². The average molecular weight is 249 g/mol. The van der Waals surface area contributed by atoms with Gasteiger partial charge >= 0.3 is 0 Å². The summed E-state index contributed by atoms with van der Waals surface area (Å²) in [5.74, 6) is 0. The van der Waals surface area contributed by atoms with Crippen molar-refractivity contribution in [3.05, 3.63) is 35.2 Å². The van der Waals surface area contributed by atoms with Gasteiger partial charge in [0.15, 0.2) is 0 Å². The van der Waals surface area contributed by atoms with E-state index in [1.54, 1.807) is 0 Å². The Morgan fingerprint density at radius 3 is 2.76 bits per heavy atom. The van der Waals surface area contributed by atoms with Crippen LogP contribution in [-0.4, -0.2) is 17.8 Å². The van der Waals surface area contributed by atoms with Crippen molar-refractivity contribution < 1.29 is 5.11 Å². The minimum Gasteiger partial charge on any atom is -0.393 e. The molecule has 1 aromatic carbocycles. The first-order valence-corrected chi connectivity index (χ1v) is 6.88. The third kappa shape index (κ3) is 3.28. The Balaban J connectivity index is 2.01. The van der Waals surface area contributed by atoms with Crippen molar-refractivity contribution in [2.24, 2.45) is 0 Å². The van der Waals surface area contributed by atoms with Crippen molar-refractivity contribution >= 4 is 21.4 Å². The topological polar surface area (TPSA) is 32.3 Å². The lowest BCUT2D eigenvalue weighted by Crippen LogP contribution is -2.21. The summed E-state index contributed by atoms with van der Waals surface area (Å²) in [6.45, 7) is 4.85. The second-order valence-electron chi connectivity index (χ2n) is 4.50. The molecular weight excluding hydrogens is 230 g/mol. The SMILES string of the molecule is CC(O)CCNC(C)c1cc2ccccc2s1. The number of hydrogen-bond donors (Lipinski definition) is 2. The van der Waals surface area contributed by atoms with E-state index in [0.717, 1.165) is 13.0 Å². The van der Waals surface area contributed by atoms with Crippen LogP contribution in [-0.2, 0) is 0 Å². The molecule has 2 nitrogen and oxygen atoms in total. The highest BCUT2D eigenvalue weighted by atomic mass is 32.1. The maximum absolute atomic E-state index is 9.21. The number of aliphatic hydroxyl groups is 1. The molecule has 0 saturated heterocycles.